The molecule has 0 fully saturated rings. The van der Waals surface area contributed by atoms with Gasteiger partial charge in [-0.1, -0.05) is 6.07 Å². The Morgan fingerprint density at radius 1 is 1.44 bits per heavy atom. The normalized spacial score (nSPS) is 11.2. The Morgan fingerprint density at radius 3 is 2.50 bits per heavy atom. The van der Waals surface area contributed by atoms with E-state index in [1.807, 2.05) is 0 Å². The Morgan fingerprint density at radius 2 is 2.06 bits per heavy atom. The number of nitro groups is 1. The summed E-state index contributed by atoms with van der Waals surface area (Å²) in [6, 6.07) is 4.56. The van der Waals surface area contributed by atoms with Gasteiger partial charge in [-0.3, -0.25) is 10.1 Å². The van der Waals surface area contributed by atoms with Gasteiger partial charge in [0, 0.05) is 0 Å². The van der Waals surface area contributed by atoms with Crippen LogP contribution in [0.15, 0.2) is 18.2 Å². The van der Waals surface area contributed by atoms with Gasteiger partial charge in [0.15, 0.2) is 5.75 Å². The highest BCUT2D eigenvalue weighted by Crippen LogP contribution is 2.33. The first-order valence-corrected chi connectivity index (χ1v) is 4.79. The molecule has 0 spiro atoms. The number of nitro benzene ring substituents is 1. The molecule has 0 heterocycles. The van der Waals surface area contributed by atoms with E-state index in [0.29, 0.717) is 6.61 Å². The zero-order valence-electron chi connectivity index (χ0n) is 9.43. The van der Waals surface area contributed by atoms with Crippen molar-refractivity contribution in [1.29, 1.82) is 0 Å². The van der Waals surface area contributed by atoms with Crippen LogP contribution in [0.3, 0.4) is 0 Å². The van der Waals surface area contributed by atoms with Crippen molar-refractivity contribution in [3.63, 3.8) is 0 Å². The number of aliphatic hydroxyl groups is 1. The molecule has 0 saturated carbocycles. The van der Waals surface area contributed by atoms with Gasteiger partial charge in [-0.2, -0.15) is 0 Å². The lowest BCUT2D eigenvalue weighted by Gasteiger charge is -2.21. The summed E-state index contributed by atoms with van der Waals surface area (Å²) < 4.78 is 5.46. The molecule has 0 aliphatic heterocycles. The second-order valence-corrected chi connectivity index (χ2v) is 4.29. The molecule has 0 bridgehead atoms. The van der Waals surface area contributed by atoms with E-state index in [2.05, 4.69) is 0 Å². The van der Waals surface area contributed by atoms with E-state index in [0.717, 1.165) is 0 Å². The summed E-state index contributed by atoms with van der Waals surface area (Å²) in [4.78, 5) is 10.3. The molecule has 0 aromatic heterocycles. The molecule has 0 unspecified atom stereocenters. The third-order valence-electron chi connectivity index (χ3n) is 1.77. The van der Waals surface area contributed by atoms with Crippen LogP contribution in [0, 0.1) is 16.7 Å². The summed E-state index contributed by atoms with van der Waals surface area (Å²) in [6.07, 6.45) is 0. The van der Waals surface area contributed by atoms with Crippen molar-refractivity contribution >= 4 is 5.69 Å². The van der Waals surface area contributed by atoms with Gasteiger partial charge in [-0.15, -0.1) is 0 Å². The van der Waals surface area contributed by atoms with Crippen LogP contribution in [0.25, 0.3) is 0 Å². The molecular weight excluding hydrogens is 210 g/mol. The zero-order chi connectivity index (χ0) is 12.3. The monoisotopic (exact) mass is 224 g/mol. The maximum atomic E-state index is 10.9. The standard InChI is InChI=1S/C11H14NO4/c1-11(2,3)16-9-6-4-5-8(7-13)10(9)12(14)15/h4-7,13H,1-3H3. The maximum Gasteiger partial charge on any atom is 0.316 e. The van der Waals surface area contributed by atoms with Crippen LogP contribution in [-0.2, 0) is 0 Å². The minimum atomic E-state index is -0.566. The van der Waals surface area contributed by atoms with Crippen LogP contribution in [0.4, 0.5) is 5.69 Å². The largest absolute Gasteiger partial charge is 0.481 e. The van der Waals surface area contributed by atoms with Crippen LogP contribution >= 0.6 is 0 Å². The number of nitrogens with zero attached hydrogens (tertiary/aromatic N) is 1. The van der Waals surface area contributed by atoms with Gasteiger partial charge in [-0.05, 0) is 32.9 Å². The quantitative estimate of drug-likeness (QED) is 0.632. The molecule has 5 nitrogen and oxygen atoms in total. The van der Waals surface area contributed by atoms with Crippen molar-refractivity contribution in [3.8, 4) is 5.75 Å². The molecule has 1 aromatic rings. The molecule has 87 valence electrons. The minimum absolute atomic E-state index is 0.131. The highest BCUT2D eigenvalue weighted by atomic mass is 16.6. The minimum Gasteiger partial charge on any atom is -0.481 e. The SMILES string of the molecule is CC(C)(C)Oc1cccc([CH]O)c1[N+](=O)[O-]. The molecule has 1 N–H and O–H groups in total. The van der Waals surface area contributed by atoms with E-state index < -0.39 is 10.5 Å². The van der Waals surface area contributed by atoms with Gasteiger partial charge >= 0.3 is 5.69 Å². The molecule has 0 amide bonds. The molecule has 1 aromatic carbocycles. The highest BCUT2D eigenvalue weighted by Gasteiger charge is 2.24. The number of benzene rings is 1. The van der Waals surface area contributed by atoms with Crippen LogP contribution in [0.1, 0.15) is 26.3 Å². The van der Waals surface area contributed by atoms with Crippen LogP contribution in [-0.4, -0.2) is 15.6 Å². The van der Waals surface area contributed by atoms with E-state index in [1.165, 1.54) is 12.1 Å². The molecule has 16 heavy (non-hydrogen) atoms. The van der Waals surface area contributed by atoms with Crippen LogP contribution in [0.2, 0.25) is 0 Å². The first kappa shape index (κ1) is 12.4. The molecule has 5 heteroatoms. The van der Waals surface area contributed by atoms with Gasteiger partial charge < -0.3 is 9.84 Å². The van der Waals surface area contributed by atoms with E-state index in [-0.39, 0.29) is 17.0 Å². The Bertz CT molecular complexity index is 395. The summed E-state index contributed by atoms with van der Waals surface area (Å²) in [5, 5.41) is 19.8. The number of rotatable bonds is 3. The Hall–Kier alpha value is -1.62. The fourth-order valence-electron chi connectivity index (χ4n) is 1.25. The Labute approximate surface area is 93.8 Å². The number of ether oxygens (including phenoxy) is 1. The van der Waals surface area contributed by atoms with E-state index in [4.69, 9.17) is 9.84 Å². The number of para-hydroxylation sites is 1. The summed E-state index contributed by atoms with van der Waals surface area (Å²) in [6.45, 7) is 6.10. The van der Waals surface area contributed by atoms with E-state index in [1.54, 1.807) is 26.8 Å². The summed E-state index contributed by atoms with van der Waals surface area (Å²) in [5.74, 6) is 0.153. The average Bonchev–Trinajstić information content (AvgIpc) is 2.14. The fourth-order valence-corrected chi connectivity index (χ4v) is 1.25. The lowest BCUT2D eigenvalue weighted by Crippen LogP contribution is -2.23. The predicted molar refractivity (Wildman–Crippen MR) is 58.8 cm³/mol. The summed E-state index contributed by atoms with van der Waals surface area (Å²) in [5.41, 5.74) is -0.620. The van der Waals surface area contributed by atoms with Gasteiger partial charge in [0.2, 0.25) is 0 Å². The third-order valence-corrected chi connectivity index (χ3v) is 1.77. The summed E-state index contributed by atoms with van der Waals surface area (Å²) >= 11 is 0. The third kappa shape index (κ3) is 2.93. The maximum absolute atomic E-state index is 10.9. The molecule has 0 aliphatic rings. The van der Waals surface area contributed by atoms with E-state index in [9.17, 15) is 10.1 Å². The van der Waals surface area contributed by atoms with Gasteiger partial charge in [0.1, 0.15) is 12.2 Å². The zero-order valence-corrected chi connectivity index (χ0v) is 9.43. The first-order chi connectivity index (χ1) is 7.35. The molecule has 0 aliphatic carbocycles. The van der Waals surface area contributed by atoms with Crippen LogP contribution < -0.4 is 4.74 Å². The van der Waals surface area contributed by atoms with Crippen molar-refractivity contribution in [2.24, 2.45) is 0 Å². The lowest BCUT2D eigenvalue weighted by molar-refractivity contribution is -0.386. The summed E-state index contributed by atoms with van der Waals surface area (Å²) in [7, 11) is 0. The van der Waals surface area contributed by atoms with Crippen molar-refractivity contribution in [3.05, 3.63) is 40.5 Å². The van der Waals surface area contributed by atoms with Crippen molar-refractivity contribution in [2.75, 3.05) is 0 Å². The Balaban J connectivity index is 3.22. The van der Waals surface area contributed by atoms with Crippen molar-refractivity contribution in [1.82, 2.24) is 0 Å². The second-order valence-electron chi connectivity index (χ2n) is 4.29. The second kappa shape index (κ2) is 4.49. The number of aliphatic hydroxyl groups excluding tert-OH is 1. The van der Waals surface area contributed by atoms with Gasteiger partial charge in [0.05, 0.1) is 10.5 Å². The van der Waals surface area contributed by atoms with Gasteiger partial charge in [-0.25, -0.2) is 0 Å². The highest BCUT2D eigenvalue weighted by molar-refractivity contribution is 5.55. The molecule has 1 rings (SSSR count). The average molecular weight is 224 g/mol. The molecule has 0 saturated heterocycles. The topological polar surface area (TPSA) is 72.6 Å². The van der Waals surface area contributed by atoms with Crippen LogP contribution in [0.5, 0.6) is 5.75 Å². The van der Waals surface area contributed by atoms with Crippen molar-refractivity contribution < 1.29 is 14.8 Å². The van der Waals surface area contributed by atoms with Gasteiger partial charge in [0.25, 0.3) is 0 Å². The number of hydrogen-bond acceptors (Lipinski definition) is 4. The molecular formula is C11H14NO4. The smallest absolute Gasteiger partial charge is 0.316 e. The Kier molecular flexibility index (Phi) is 3.49. The molecule has 0 atom stereocenters. The fraction of sp³-hybridized carbons (Fsp3) is 0.364. The first-order valence-electron chi connectivity index (χ1n) is 4.79. The lowest BCUT2D eigenvalue weighted by atomic mass is 10.1. The van der Waals surface area contributed by atoms with E-state index >= 15 is 0 Å². The molecule has 1 radical (unpaired) electrons. The number of hydrogen-bond donors (Lipinski definition) is 1. The van der Waals surface area contributed by atoms with Crippen molar-refractivity contribution in [2.45, 2.75) is 26.4 Å². The predicted octanol–water partition coefficient (Wildman–Crippen LogP) is 2.65.